The van der Waals surface area contributed by atoms with E-state index in [1.54, 1.807) is 12.1 Å². The molecule has 1 aromatic heterocycles. The van der Waals surface area contributed by atoms with Gasteiger partial charge in [0.25, 0.3) is 5.22 Å². The second-order valence-electron chi connectivity index (χ2n) is 5.11. The fourth-order valence-corrected chi connectivity index (χ4v) is 2.71. The molecule has 0 saturated carbocycles. The molecular weight excluding hydrogens is 365 g/mol. The number of benzene rings is 2. The topological polar surface area (TPSA) is 68.0 Å². The lowest BCUT2D eigenvalue weighted by Gasteiger charge is -2.03. The van der Waals surface area contributed by atoms with E-state index in [0.29, 0.717) is 28.2 Å². The minimum atomic E-state index is -0.355. The van der Waals surface area contributed by atoms with Crippen LogP contribution in [0.3, 0.4) is 0 Å². The standard InChI is InChI=1S/C17H13ClFN3O2S/c18-12-3-1-11(2-4-12)9-16-21-22-17(24-16)25-10-15(23)20-14-7-5-13(19)6-8-14/h1-8H,9-10H2,(H,20,23). The molecule has 1 heterocycles. The molecule has 0 spiro atoms. The third-order valence-electron chi connectivity index (χ3n) is 3.17. The Hall–Kier alpha value is -2.38. The molecule has 1 amide bonds. The number of nitrogens with one attached hydrogen (secondary N) is 1. The highest BCUT2D eigenvalue weighted by molar-refractivity contribution is 7.99. The molecule has 2 aromatic carbocycles. The SMILES string of the molecule is O=C(CSc1nnc(Cc2ccc(Cl)cc2)o1)Nc1ccc(F)cc1. The number of anilines is 1. The van der Waals surface area contributed by atoms with Gasteiger partial charge in [-0.1, -0.05) is 35.5 Å². The monoisotopic (exact) mass is 377 g/mol. The van der Waals surface area contributed by atoms with Gasteiger partial charge in [0.05, 0.1) is 12.2 Å². The molecule has 0 unspecified atom stereocenters. The first-order valence-electron chi connectivity index (χ1n) is 7.33. The van der Waals surface area contributed by atoms with Gasteiger partial charge in [-0.3, -0.25) is 4.79 Å². The molecule has 8 heteroatoms. The molecule has 0 aliphatic heterocycles. The smallest absolute Gasteiger partial charge is 0.277 e. The van der Waals surface area contributed by atoms with Crippen molar-refractivity contribution in [1.29, 1.82) is 0 Å². The minimum absolute atomic E-state index is 0.111. The van der Waals surface area contributed by atoms with Crippen molar-refractivity contribution in [3.8, 4) is 0 Å². The van der Waals surface area contributed by atoms with Gasteiger partial charge >= 0.3 is 0 Å². The van der Waals surface area contributed by atoms with E-state index in [2.05, 4.69) is 15.5 Å². The van der Waals surface area contributed by atoms with E-state index in [4.69, 9.17) is 16.0 Å². The van der Waals surface area contributed by atoms with Crippen LogP contribution >= 0.6 is 23.4 Å². The van der Waals surface area contributed by atoms with Crippen LogP contribution in [0.5, 0.6) is 0 Å². The van der Waals surface area contributed by atoms with Crippen LogP contribution in [0.25, 0.3) is 0 Å². The molecule has 3 aromatic rings. The Bertz CT molecular complexity index is 853. The van der Waals surface area contributed by atoms with Gasteiger partial charge in [0, 0.05) is 10.7 Å². The highest BCUT2D eigenvalue weighted by Gasteiger charge is 2.10. The Morgan fingerprint density at radius 3 is 2.56 bits per heavy atom. The lowest BCUT2D eigenvalue weighted by atomic mass is 10.1. The van der Waals surface area contributed by atoms with Crippen LogP contribution in [0, 0.1) is 5.82 Å². The van der Waals surface area contributed by atoms with Gasteiger partial charge < -0.3 is 9.73 Å². The summed E-state index contributed by atoms with van der Waals surface area (Å²) in [4.78, 5) is 11.9. The Morgan fingerprint density at radius 2 is 1.84 bits per heavy atom. The number of carbonyl (C=O) groups excluding carboxylic acids is 1. The molecule has 0 radical (unpaired) electrons. The van der Waals surface area contributed by atoms with Crippen LogP contribution in [-0.2, 0) is 11.2 Å². The van der Waals surface area contributed by atoms with Gasteiger partial charge in [-0.2, -0.15) is 0 Å². The van der Waals surface area contributed by atoms with Crippen LogP contribution in [-0.4, -0.2) is 21.9 Å². The fraction of sp³-hybridized carbons (Fsp3) is 0.118. The molecule has 0 atom stereocenters. The first kappa shape index (κ1) is 17.4. The van der Waals surface area contributed by atoms with Crippen molar-refractivity contribution in [1.82, 2.24) is 10.2 Å². The summed E-state index contributed by atoms with van der Waals surface area (Å²) in [5.74, 6) is -0.0239. The number of nitrogens with zero attached hydrogens (tertiary/aromatic N) is 2. The Labute approximate surface area is 152 Å². The average molecular weight is 378 g/mol. The molecule has 0 fully saturated rings. The van der Waals surface area contributed by atoms with E-state index in [0.717, 1.165) is 17.3 Å². The van der Waals surface area contributed by atoms with Crippen LogP contribution in [0.15, 0.2) is 58.2 Å². The third kappa shape index (κ3) is 5.30. The summed E-state index contributed by atoms with van der Waals surface area (Å²) in [7, 11) is 0. The number of hydrogen-bond acceptors (Lipinski definition) is 5. The van der Waals surface area contributed by atoms with Crippen molar-refractivity contribution < 1.29 is 13.6 Å². The Morgan fingerprint density at radius 1 is 1.12 bits per heavy atom. The van der Waals surface area contributed by atoms with E-state index in [-0.39, 0.29) is 17.5 Å². The lowest BCUT2D eigenvalue weighted by molar-refractivity contribution is -0.113. The summed E-state index contributed by atoms with van der Waals surface area (Å²) >= 11 is 6.98. The first-order chi connectivity index (χ1) is 12.1. The fourth-order valence-electron chi connectivity index (χ4n) is 2.00. The zero-order valence-electron chi connectivity index (χ0n) is 12.9. The van der Waals surface area contributed by atoms with Gasteiger partial charge in [0.1, 0.15) is 5.82 Å². The van der Waals surface area contributed by atoms with E-state index >= 15 is 0 Å². The van der Waals surface area contributed by atoms with Crippen molar-refractivity contribution in [3.05, 3.63) is 70.8 Å². The summed E-state index contributed by atoms with van der Waals surface area (Å²) < 4.78 is 18.3. The van der Waals surface area contributed by atoms with Gasteiger partial charge in [0.15, 0.2) is 0 Å². The van der Waals surface area contributed by atoms with E-state index < -0.39 is 0 Å². The lowest BCUT2D eigenvalue weighted by Crippen LogP contribution is -2.13. The van der Waals surface area contributed by atoms with Crippen LogP contribution < -0.4 is 5.32 Å². The maximum absolute atomic E-state index is 12.8. The highest BCUT2D eigenvalue weighted by atomic mass is 35.5. The largest absolute Gasteiger partial charge is 0.416 e. The van der Waals surface area contributed by atoms with E-state index in [1.807, 2.05) is 12.1 Å². The number of thioether (sulfide) groups is 1. The van der Waals surface area contributed by atoms with Crippen LogP contribution in [0.2, 0.25) is 5.02 Å². The average Bonchev–Trinajstić information content (AvgIpc) is 3.05. The summed E-state index contributed by atoms with van der Waals surface area (Å²) in [6.45, 7) is 0. The second kappa shape index (κ2) is 8.13. The summed E-state index contributed by atoms with van der Waals surface area (Å²) in [5, 5.41) is 11.5. The molecular formula is C17H13ClFN3O2S. The van der Waals surface area contributed by atoms with Crippen LogP contribution in [0.4, 0.5) is 10.1 Å². The normalized spacial score (nSPS) is 10.6. The second-order valence-corrected chi connectivity index (χ2v) is 6.47. The number of amides is 1. The molecule has 0 aliphatic carbocycles. The van der Waals surface area contributed by atoms with Gasteiger partial charge in [-0.15, -0.1) is 10.2 Å². The zero-order valence-corrected chi connectivity index (χ0v) is 14.5. The molecule has 0 bridgehead atoms. The molecule has 5 nitrogen and oxygen atoms in total. The van der Waals surface area contributed by atoms with Gasteiger partial charge in [-0.25, -0.2) is 4.39 Å². The Kier molecular flexibility index (Phi) is 5.67. The predicted molar refractivity (Wildman–Crippen MR) is 94.3 cm³/mol. The van der Waals surface area contributed by atoms with Crippen LogP contribution in [0.1, 0.15) is 11.5 Å². The minimum Gasteiger partial charge on any atom is -0.416 e. The molecule has 1 N–H and O–H groups in total. The molecule has 0 saturated heterocycles. The number of carbonyl (C=O) groups is 1. The number of hydrogen-bond donors (Lipinski definition) is 1. The Balaban J connectivity index is 1.50. The van der Waals surface area contributed by atoms with E-state index in [1.165, 1.54) is 24.3 Å². The third-order valence-corrected chi connectivity index (χ3v) is 4.24. The summed E-state index contributed by atoms with van der Waals surface area (Å²) in [5.41, 5.74) is 1.53. The molecule has 128 valence electrons. The van der Waals surface area contributed by atoms with Crippen molar-refractivity contribution >= 4 is 35.0 Å². The molecule has 25 heavy (non-hydrogen) atoms. The number of aromatic nitrogens is 2. The predicted octanol–water partition coefficient (Wildman–Crippen LogP) is 4.18. The maximum atomic E-state index is 12.8. The maximum Gasteiger partial charge on any atom is 0.277 e. The first-order valence-corrected chi connectivity index (χ1v) is 8.70. The number of rotatable bonds is 6. The van der Waals surface area contributed by atoms with E-state index in [9.17, 15) is 9.18 Å². The van der Waals surface area contributed by atoms with Crippen molar-refractivity contribution in [2.45, 2.75) is 11.6 Å². The molecule has 0 aliphatic rings. The van der Waals surface area contributed by atoms with Gasteiger partial charge in [-0.05, 0) is 42.0 Å². The molecule has 3 rings (SSSR count). The quantitative estimate of drug-likeness (QED) is 0.652. The van der Waals surface area contributed by atoms with Crippen molar-refractivity contribution in [2.24, 2.45) is 0 Å². The van der Waals surface area contributed by atoms with Crippen molar-refractivity contribution in [3.63, 3.8) is 0 Å². The summed E-state index contributed by atoms with van der Waals surface area (Å²) in [6, 6.07) is 12.9. The zero-order chi connectivity index (χ0) is 17.6. The van der Waals surface area contributed by atoms with Gasteiger partial charge in [0.2, 0.25) is 11.8 Å². The highest BCUT2D eigenvalue weighted by Crippen LogP contribution is 2.19. The van der Waals surface area contributed by atoms with Crippen molar-refractivity contribution in [2.75, 3.05) is 11.1 Å². The number of halogens is 2. The summed E-state index contributed by atoms with van der Waals surface area (Å²) in [6.07, 6.45) is 0.493.